The standard InChI is InChI=1S/C19H29NO7S/c1-14-8-5-6-9-16(14)12-26-18(23)17(22)19(3,4)13-27-28(24,25)11-7-10-20-15(2)21/h5-6,8-9,17,22H,7,10-13H2,1-4H3,(H,20,21)/t17-/m0/s1. The van der Waals surface area contributed by atoms with Crippen molar-refractivity contribution in [3.63, 3.8) is 0 Å². The number of rotatable bonds is 11. The fraction of sp³-hybridized carbons (Fsp3) is 0.579. The van der Waals surface area contributed by atoms with Crippen molar-refractivity contribution in [2.45, 2.75) is 46.8 Å². The molecule has 0 heterocycles. The molecule has 0 aliphatic heterocycles. The first-order valence-electron chi connectivity index (χ1n) is 8.95. The minimum Gasteiger partial charge on any atom is -0.459 e. The molecule has 0 aliphatic rings. The van der Waals surface area contributed by atoms with E-state index in [4.69, 9.17) is 8.92 Å². The van der Waals surface area contributed by atoms with E-state index in [1.807, 2.05) is 31.2 Å². The molecule has 0 aliphatic carbocycles. The van der Waals surface area contributed by atoms with Gasteiger partial charge >= 0.3 is 5.97 Å². The fourth-order valence-electron chi connectivity index (χ4n) is 2.21. The van der Waals surface area contributed by atoms with Crippen LogP contribution in [0.25, 0.3) is 0 Å². The van der Waals surface area contributed by atoms with Gasteiger partial charge in [-0.3, -0.25) is 8.98 Å². The van der Waals surface area contributed by atoms with Crippen LogP contribution in [-0.2, 0) is 35.2 Å². The van der Waals surface area contributed by atoms with Crippen molar-refractivity contribution < 1.29 is 32.0 Å². The molecule has 158 valence electrons. The van der Waals surface area contributed by atoms with Crippen molar-refractivity contribution in [1.82, 2.24) is 5.32 Å². The smallest absolute Gasteiger partial charge is 0.335 e. The monoisotopic (exact) mass is 415 g/mol. The SMILES string of the molecule is CC(=O)NCCCS(=O)(=O)OCC(C)(C)[C@@H](O)C(=O)OCc1ccccc1C. The van der Waals surface area contributed by atoms with Gasteiger partial charge in [0.15, 0.2) is 6.10 Å². The van der Waals surface area contributed by atoms with Crippen molar-refractivity contribution in [3.05, 3.63) is 35.4 Å². The quantitative estimate of drug-likeness (QED) is 0.318. The largest absolute Gasteiger partial charge is 0.459 e. The fourth-order valence-corrected chi connectivity index (χ4v) is 3.31. The Morgan fingerprint density at radius 1 is 1.25 bits per heavy atom. The lowest BCUT2D eigenvalue weighted by Crippen LogP contribution is -2.41. The molecule has 0 fully saturated rings. The topological polar surface area (TPSA) is 119 Å². The van der Waals surface area contributed by atoms with Crippen molar-refractivity contribution in [3.8, 4) is 0 Å². The molecule has 0 radical (unpaired) electrons. The average Bonchev–Trinajstić information content (AvgIpc) is 2.62. The summed E-state index contributed by atoms with van der Waals surface area (Å²) in [5, 5.41) is 12.8. The van der Waals surface area contributed by atoms with E-state index in [-0.39, 0.29) is 37.8 Å². The van der Waals surface area contributed by atoms with Gasteiger partial charge < -0.3 is 15.2 Å². The van der Waals surface area contributed by atoms with E-state index in [0.717, 1.165) is 11.1 Å². The summed E-state index contributed by atoms with van der Waals surface area (Å²) < 4.78 is 34.0. The molecule has 0 spiro atoms. The van der Waals surface area contributed by atoms with E-state index >= 15 is 0 Å². The third-order valence-corrected chi connectivity index (χ3v) is 5.42. The van der Waals surface area contributed by atoms with Gasteiger partial charge in [0.05, 0.1) is 12.4 Å². The van der Waals surface area contributed by atoms with Crippen LogP contribution in [0.2, 0.25) is 0 Å². The molecule has 8 nitrogen and oxygen atoms in total. The van der Waals surface area contributed by atoms with Crippen LogP contribution in [0.4, 0.5) is 0 Å². The number of esters is 1. The Morgan fingerprint density at radius 2 is 1.89 bits per heavy atom. The summed E-state index contributed by atoms with van der Waals surface area (Å²) in [6, 6.07) is 7.39. The maximum atomic E-state index is 12.2. The highest BCUT2D eigenvalue weighted by molar-refractivity contribution is 7.86. The molecule has 0 saturated heterocycles. The van der Waals surface area contributed by atoms with Gasteiger partial charge in [0.1, 0.15) is 6.61 Å². The van der Waals surface area contributed by atoms with E-state index in [2.05, 4.69) is 5.32 Å². The lowest BCUT2D eigenvalue weighted by atomic mass is 9.87. The average molecular weight is 416 g/mol. The van der Waals surface area contributed by atoms with E-state index in [0.29, 0.717) is 0 Å². The summed E-state index contributed by atoms with van der Waals surface area (Å²) in [4.78, 5) is 22.9. The number of amides is 1. The molecule has 28 heavy (non-hydrogen) atoms. The molecule has 0 saturated carbocycles. The molecule has 0 bridgehead atoms. The predicted molar refractivity (Wildman–Crippen MR) is 104 cm³/mol. The molecule has 1 aromatic rings. The van der Waals surface area contributed by atoms with Crippen LogP contribution in [0, 0.1) is 12.3 Å². The van der Waals surface area contributed by atoms with E-state index in [9.17, 15) is 23.1 Å². The Kier molecular flexibility index (Phi) is 9.06. The zero-order chi connectivity index (χ0) is 21.4. The lowest BCUT2D eigenvalue weighted by molar-refractivity contribution is -0.162. The number of carbonyl (C=O) groups excluding carboxylic acids is 2. The zero-order valence-electron chi connectivity index (χ0n) is 16.7. The van der Waals surface area contributed by atoms with Crippen LogP contribution in [-0.4, -0.2) is 50.4 Å². The van der Waals surface area contributed by atoms with Gasteiger partial charge in [0.2, 0.25) is 5.91 Å². The molecule has 2 N–H and O–H groups in total. The van der Waals surface area contributed by atoms with Crippen LogP contribution in [0.15, 0.2) is 24.3 Å². The summed E-state index contributed by atoms with van der Waals surface area (Å²) in [6.45, 7) is 6.10. The third kappa shape index (κ3) is 8.37. The van der Waals surface area contributed by atoms with Crippen LogP contribution in [0.5, 0.6) is 0 Å². The highest BCUT2D eigenvalue weighted by Crippen LogP contribution is 2.24. The number of aryl methyl sites for hydroxylation is 1. The van der Waals surface area contributed by atoms with E-state index in [1.54, 1.807) is 0 Å². The molecule has 1 atom stereocenters. The van der Waals surface area contributed by atoms with Gasteiger partial charge in [-0.05, 0) is 24.5 Å². The Hall–Kier alpha value is -1.97. The Bertz CT molecular complexity index is 774. The molecular weight excluding hydrogens is 386 g/mol. The number of benzene rings is 1. The Labute approximate surface area is 166 Å². The number of ether oxygens (including phenoxy) is 1. The number of carbonyl (C=O) groups is 2. The van der Waals surface area contributed by atoms with Crippen LogP contribution < -0.4 is 5.32 Å². The van der Waals surface area contributed by atoms with Crippen LogP contribution in [0.3, 0.4) is 0 Å². The number of hydrogen-bond donors (Lipinski definition) is 2. The van der Waals surface area contributed by atoms with Gasteiger partial charge in [-0.25, -0.2) is 4.79 Å². The maximum absolute atomic E-state index is 12.2. The second kappa shape index (κ2) is 10.5. The van der Waals surface area contributed by atoms with Gasteiger partial charge in [0, 0.05) is 18.9 Å². The highest BCUT2D eigenvalue weighted by Gasteiger charge is 2.36. The molecule has 0 aromatic heterocycles. The second-order valence-corrected chi connectivity index (χ2v) is 9.05. The Morgan fingerprint density at radius 3 is 2.50 bits per heavy atom. The first kappa shape index (κ1) is 24.1. The van der Waals surface area contributed by atoms with Gasteiger partial charge in [0.25, 0.3) is 10.1 Å². The van der Waals surface area contributed by atoms with Crippen LogP contribution >= 0.6 is 0 Å². The predicted octanol–water partition coefficient (Wildman–Crippen LogP) is 1.30. The van der Waals surface area contributed by atoms with Crippen molar-refractivity contribution in [2.75, 3.05) is 18.9 Å². The van der Waals surface area contributed by atoms with Crippen molar-refractivity contribution in [2.24, 2.45) is 5.41 Å². The summed E-state index contributed by atoms with van der Waals surface area (Å²) in [6.07, 6.45) is -1.35. The normalized spacial score (nSPS) is 13.0. The second-order valence-electron chi connectivity index (χ2n) is 7.29. The summed E-state index contributed by atoms with van der Waals surface area (Å²) in [5.74, 6) is -1.37. The molecule has 0 unspecified atom stereocenters. The maximum Gasteiger partial charge on any atom is 0.335 e. The van der Waals surface area contributed by atoms with Gasteiger partial charge in [-0.15, -0.1) is 0 Å². The van der Waals surface area contributed by atoms with Gasteiger partial charge in [-0.2, -0.15) is 8.42 Å². The van der Waals surface area contributed by atoms with Crippen molar-refractivity contribution in [1.29, 1.82) is 0 Å². The molecule has 9 heteroatoms. The minimum absolute atomic E-state index is 0.0148. The summed E-state index contributed by atoms with van der Waals surface area (Å²) in [5.41, 5.74) is 0.602. The molecule has 1 rings (SSSR count). The number of hydrogen-bond acceptors (Lipinski definition) is 7. The third-order valence-electron chi connectivity index (χ3n) is 4.15. The summed E-state index contributed by atoms with van der Waals surface area (Å²) >= 11 is 0. The van der Waals surface area contributed by atoms with Crippen LogP contribution in [0.1, 0.15) is 38.3 Å². The first-order valence-corrected chi connectivity index (χ1v) is 10.5. The lowest BCUT2D eigenvalue weighted by Gasteiger charge is -2.28. The molecular formula is C19H29NO7S. The van der Waals surface area contributed by atoms with E-state index in [1.165, 1.54) is 20.8 Å². The molecule has 1 aromatic carbocycles. The highest BCUT2D eigenvalue weighted by atomic mass is 32.2. The summed E-state index contributed by atoms with van der Waals surface area (Å²) in [7, 11) is -3.85. The minimum atomic E-state index is -3.85. The van der Waals surface area contributed by atoms with Crippen molar-refractivity contribution >= 4 is 22.0 Å². The van der Waals surface area contributed by atoms with Gasteiger partial charge in [-0.1, -0.05) is 38.1 Å². The number of aliphatic hydroxyl groups excluding tert-OH is 1. The Balaban J connectivity index is 2.52. The van der Waals surface area contributed by atoms with E-state index < -0.39 is 27.6 Å². The zero-order valence-corrected chi connectivity index (χ0v) is 17.5. The first-order chi connectivity index (χ1) is 12.9. The molecule has 1 amide bonds. The number of aliphatic hydroxyl groups is 1. The number of nitrogens with one attached hydrogen (secondary N) is 1.